The Labute approximate surface area is 108 Å². The molecule has 0 aliphatic carbocycles. The molecule has 0 aromatic heterocycles. The first-order chi connectivity index (χ1) is 7.72. The molecule has 0 fully saturated rings. The van der Waals surface area contributed by atoms with Crippen LogP contribution < -0.4 is 6.15 Å². The van der Waals surface area contributed by atoms with E-state index in [1.165, 1.54) is 0 Å². The van der Waals surface area contributed by atoms with E-state index >= 15 is 0 Å². The summed E-state index contributed by atoms with van der Waals surface area (Å²) in [5.74, 6) is -0.770. The maximum absolute atomic E-state index is 11.3. The second kappa shape index (κ2) is 8.20. The van der Waals surface area contributed by atoms with Crippen molar-refractivity contribution in [1.82, 2.24) is 6.15 Å². The molecule has 0 radical (unpaired) electrons. The van der Waals surface area contributed by atoms with Crippen molar-refractivity contribution in [3.05, 3.63) is 12.7 Å². The molecule has 0 aliphatic heterocycles. The fourth-order valence-corrected chi connectivity index (χ4v) is 1.99. The number of ether oxygens (including phenoxy) is 1. The zero-order chi connectivity index (χ0) is 13.5. The van der Waals surface area contributed by atoms with Gasteiger partial charge in [0, 0.05) is 6.08 Å². The number of carbonyl (C=O) groups is 1. The van der Waals surface area contributed by atoms with Crippen molar-refractivity contribution in [2.45, 2.75) is 39.2 Å². The zero-order valence-corrected chi connectivity index (χ0v) is 11.8. The first-order valence-electron chi connectivity index (χ1n) is 5.11. The summed E-state index contributed by atoms with van der Waals surface area (Å²) in [5, 5.41) is 0. The zero-order valence-electron chi connectivity index (χ0n) is 11.0. The first kappa shape index (κ1) is 19.4. The van der Waals surface area contributed by atoms with Crippen LogP contribution in [0.3, 0.4) is 0 Å². The number of rotatable bonds is 8. The maximum atomic E-state index is 11.3. The molecule has 0 atom stereocenters. The van der Waals surface area contributed by atoms with Gasteiger partial charge in [0.2, 0.25) is 6.79 Å². The Hall–Kier alpha value is -0.960. The summed E-state index contributed by atoms with van der Waals surface area (Å²) < 4.78 is 36.2. The molecule has 0 saturated heterocycles. The third-order valence-corrected chi connectivity index (χ3v) is 2.78. The van der Waals surface area contributed by atoms with Gasteiger partial charge in [0.25, 0.3) is 0 Å². The smallest absolute Gasteiger partial charge is 0.403 e. The van der Waals surface area contributed by atoms with Gasteiger partial charge in [-0.3, -0.25) is 0 Å². The Balaban J connectivity index is 0. The second-order valence-electron chi connectivity index (χ2n) is 3.90. The van der Waals surface area contributed by atoms with Crippen LogP contribution in [-0.4, -0.2) is 26.8 Å². The van der Waals surface area contributed by atoms with Crippen molar-refractivity contribution in [2.24, 2.45) is 0 Å². The minimum Gasteiger partial charge on any atom is -0.434 e. The predicted octanol–water partition coefficient (Wildman–Crippen LogP) is 1.69. The monoisotopic (exact) mass is 283 g/mol. The van der Waals surface area contributed by atoms with Gasteiger partial charge in [-0.25, -0.2) is 13.2 Å². The van der Waals surface area contributed by atoms with Gasteiger partial charge in [-0.2, -0.15) is 8.42 Å². The maximum Gasteiger partial charge on any atom is 0.403 e. The standard InChI is InChI=1S/C10H18O6S.H3N/c1-5-7-10(3,4)16-17(12,13)15-8-14-9(11)6-2;/h6H,2,5,7-8H2,1,3-4H3;1H3. The van der Waals surface area contributed by atoms with E-state index in [4.69, 9.17) is 4.18 Å². The van der Waals surface area contributed by atoms with Crippen LogP contribution in [0, 0.1) is 0 Å². The lowest BCUT2D eigenvalue weighted by Gasteiger charge is -2.22. The average Bonchev–Trinajstić information content (AvgIpc) is 2.14. The van der Waals surface area contributed by atoms with Crippen LogP contribution >= 0.6 is 0 Å². The lowest BCUT2D eigenvalue weighted by Crippen LogP contribution is -2.29. The summed E-state index contributed by atoms with van der Waals surface area (Å²) in [6, 6.07) is 0. The molecule has 0 saturated carbocycles. The minimum atomic E-state index is -4.18. The summed E-state index contributed by atoms with van der Waals surface area (Å²) in [6.07, 6.45) is 2.23. The quantitative estimate of drug-likeness (QED) is 0.409. The topological polar surface area (TPSA) is 114 Å². The van der Waals surface area contributed by atoms with E-state index in [1.807, 2.05) is 6.92 Å². The Bertz CT molecular complexity index is 363. The number of esters is 1. The highest BCUT2D eigenvalue weighted by atomic mass is 32.3. The largest absolute Gasteiger partial charge is 0.434 e. The van der Waals surface area contributed by atoms with Crippen LogP contribution in [0.5, 0.6) is 0 Å². The van der Waals surface area contributed by atoms with E-state index in [2.05, 4.69) is 15.5 Å². The van der Waals surface area contributed by atoms with Crippen molar-refractivity contribution < 1.29 is 26.3 Å². The molecule has 8 heteroatoms. The molecule has 0 rings (SSSR count). The molecule has 7 nitrogen and oxygen atoms in total. The second-order valence-corrected chi connectivity index (χ2v) is 5.12. The van der Waals surface area contributed by atoms with E-state index in [1.54, 1.807) is 13.8 Å². The summed E-state index contributed by atoms with van der Waals surface area (Å²) in [4.78, 5) is 10.6. The third-order valence-electron chi connectivity index (χ3n) is 1.74. The highest BCUT2D eigenvalue weighted by Crippen LogP contribution is 2.20. The lowest BCUT2D eigenvalue weighted by atomic mass is 10.0. The first-order valence-corrected chi connectivity index (χ1v) is 6.45. The normalized spacial score (nSPS) is 11.5. The van der Waals surface area contributed by atoms with Gasteiger partial charge < -0.3 is 10.9 Å². The summed E-state index contributed by atoms with van der Waals surface area (Å²) in [7, 11) is -4.18. The Morgan fingerprint density at radius 2 is 1.94 bits per heavy atom. The van der Waals surface area contributed by atoms with E-state index in [9.17, 15) is 13.2 Å². The number of hydrogen-bond donors (Lipinski definition) is 1. The predicted molar refractivity (Wildman–Crippen MR) is 66.3 cm³/mol. The van der Waals surface area contributed by atoms with Crippen molar-refractivity contribution in [3.8, 4) is 0 Å². The van der Waals surface area contributed by atoms with E-state index in [0.717, 1.165) is 12.5 Å². The molecule has 108 valence electrons. The van der Waals surface area contributed by atoms with Gasteiger partial charge >= 0.3 is 16.4 Å². The Morgan fingerprint density at radius 3 is 2.39 bits per heavy atom. The molecular formula is C10H21NO6S. The Morgan fingerprint density at radius 1 is 1.39 bits per heavy atom. The molecule has 0 heterocycles. The summed E-state index contributed by atoms with van der Waals surface area (Å²) in [6.45, 7) is 7.59. The van der Waals surface area contributed by atoms with Crippen LogP contribution in [0.25, 0.3) is 0 Å². The summed E-state index contributed by atoms with van der Waals surface area (Å²) in [5.41, 5.74) is -0.851. The fraction of sp³-hybridized carbons (Fsp3) is 0.700. The number of hydrogen-bond acceptors (Lipinski definition) is 7. The van der Waals surface area contributed by atoms with Crippen molar-refractivity contribution in [1.29, 1.82) is 0 Å². The molecule has 0 spiro atoms. The molecular weight excluding hydrogens is 262 g/mol. The van der Waals surface area contributed by atoms with Crippen molar-refractivity contribution in [3.63, 3.8) is 0 Å². The van der Waals surface area contributed by atoms with Crippen LogP contribution in [0.15, 0.2) is 12.7 Å². The van der Waals surface area contributed by atoms with Crippen molar-refractivity contribution in [2.75, 3.05) is 6.79 Å². The number of carbonyl (C=O) groups excluding carboxylic acids is 1. The highest BCUT2D eigenvalue weighted by Gasteiger charge is 2.26. The van der Waals surface area contributed by atoms with E-state index < -0.39 is 28.8 Å². The van der Waals surface area contributed by atoms with Gasteiger partial charge in [-0.15, -0.1) is 0 Å². The van der Waals surface area contributed by atoms with E-state index in [0.29, 0.717) is 6.42 Å². The van der Waals surface area contributed by atoms with Gasteiger partial charge in [0.1, 0.15) is 0 Å². The molecule has 0 unspecified atom stereocenters. The van der Waals surface area contributed by atoms with Crippen LogP contribution in [-0.2, 0) is 28.3 Å². The lowest BCUT2D eigenvalue weighted by molar-refractivity contribution is -0.144. The van der Waals surface area contributed by atoms with Gasteiger partial charge in [-0.05, 0) is 20.3 Å². The van der Waals surface area contributed by atoms with Gasteiger partial charge in [0.05, 0.1) is 5.60 Å². The third kappa shape index (κ3) is 9.11. The average molecular weight is 283 g/mol. The summed E-state index contributed by atoms with van der Waals surface area (Å²) >= 11 is 0. The van der Waals surface area contributed by atoms with E-state index in [-0.39, 0.29) is 6.15 Å². The van der Waals surface area contributed by atoms with Gasteiger partial charge in [0.15, 0.2) is 0 Å². The molecule has 18 heavy (non-hydrogen) atoms. The molecule has 0 aliphatic rings. The Kier molecular flexibility index (Phi) is 8.83. The SMILES string of the molecule is C=CC(=O)OCOS(=O)(=O)OC(C)(C)CCC.N. The molecule has 0 aromatic carbocycles. The fourth-order valence-electron chi connectivity index (χ4n) is 1.14. The van der Waals surface area contributed by atoms with Crippen LogP contribution in [0.4, 0.5) is 0 Å². The molecule has 3 N–H and O–H groups in total. The highest BCUT2D eigenvalue weighted by molar-refractivity contribution is 7.81. The minimum absolute atomic E-state index is 0. The van der Waals surface area contributed by atoms with Crippen molar-refractivity contribution >= 4 is 16.4 Å². The molecule has 0 amide bonds. The van der Waals surface area contributed by atoms with Gasteiger partial charge in [-0.1, -0.05) is 19.9 Å². The molecule has 0 aromatic rings. The molecule has 0 bridgehead atoms. The van der Waals surface area contributed by atoms with Crippen LogP contribution in [0.1, 0.15) is 33.6 Å². The van der Waals surface area contributed by atoms with Crippen LogP contribution in [0.2, 0.25) is 0 Å².